The van der Waals surface area contributed by atoms with Crippen LogP contribution in [0.25, 0.3) is 0 Å². The summed E-state index contributed by atoms with van der Waals surface area (Å²) in [5.74, 6) is 1.30. The number of nitrogen functional groups attached to an aromatic ring is 1. The van der Waals surface area contributed by atoms with Gasteiger partial charge < -0.3 is 20.3 Å². The summed E-state index contributed by atoms with van der Waals surface area (Å²) >= 11 is 0. The highest BCUT2D eigenvalue weighted by Gasteiger charge is 2.17. The van der Waals surface area contributed by atoms with Gasteiger partial charge in [0.15, 0.2) is 0 Å². The maximum atomic E-state index is 5.64. The number of likely N-dealkylation sites (N-methyl/N-ethyl adjacent to an activating group) is 1. The molecule has 1 fully saturated rings. The normalized spacial score (nSPS) is 17.5. The van der Waals surface area contributed by atoms with Crippen molar-refractivity contribution in [1.29, 1.82) is 0 Å². The van der Waals surface area contributed by atoms with Crippen molar-refractivity contribution >= 4 is 11.5 Å². The molecule has 16 heavy (non-hydrogen) atoms. The van der Waals surface area contributed by atoms with Crippen LogP contribution in [0.5, 0.6) is 5.75 Å². The van der Waals surface area contributed by atoms with E-state index in [4.69, 9.17) is 10.5 Å². The van der Waals surface area contributed by atoms with Crippen LogP contribution in [0.3, 0.4) is 0 Å². The zero-order chi connectivity index (χ0) is 11.5. The maximum Gasteiger partial charge on any atom is 0.147 e. The van der Waals surface area contributed by atoms with Crippen LogP contribution < -0.4 is 15.4 Å². The minimum Gasteiger partial charge on any atom is -0.494 e. The molecule has 0 radical (unpaired) electrons. The molecule has 2 N–H and O–H groups in total. The Labute approximate surface area is 95.8 Å². The SMILES string of the molecule is COc1cc(N)ncc1N1CCN(C)CC1. The molecule has 1 saturated heterocycles. The van der Waals surface area contributed by atoms with Crippen molar-refractivity contribution in [3.8, 4) is 5.75 Å². The Morgan fingerprint density at radius 1 is 1.31 bits per heavy atom. The van der Waals surface area contributed by atoms with Gasteiger partial charge >= 0.3 is 0 Å². The fourth-order valence-electron chi connectivity index (χ4n) is 1.89. The first-order valence-electron chi connectivity index (χ1n) is 5.43. The first-order valence-corrected chi connectivity index (χ1v) is 5.43. The number of methoxy groups -OCH3 is 1. The second-order valence-corrected chi connectivity index (χ2v) is 4.07. The molecule has 2 heterocycles. The van der Waals surface area contributed by atoms with Crippen molar-refractivity contribution < 1.29 is 4.74 Å². The van der Waals surface area contributed by atoms with E-state index >= 15 is 0 Å². The summed E-state index contributed by atoms with van der Waals surface area (Å²) < 4.78 is 5.33. The average Bonchev–Trinajstić information content (AvgIpc) is 2.30. The number of piperazine rings is 1. The van der Waals surface area contributed by atoms with Gasteiger partial charge in [-0.2, -0.15) is 0 Å². The topological polar surface area (TPSA) is 54.6 Å². The quantitative estimate of drug-likeness (QED) is 0.786. The molecule has 88 valence electrons. The highest BCUT2D eigenvalue weighted by Crippen LogP contribution is 2.29. The van der Waals surface area contributed by atoms with E-state index in [2.05, 4.69) is 21.8 Å². The molecule has 0 aromatic carbocycles. The second-order valence-electron chi connectivity index (χ2n) is 4.07. The van der Waals surface area contributed by atoms with Crippen LogP contribution in [0.15, 0.2) is 12.3 Å². The highest BCUT2D eigenvalue weighted by molar-refractivity contribution is 5.60. The minimum atomic E-state index is 0.495. The van der Waals surface area contributed by atoms with Gasteiger partial charge in [-0.25, -0.2) is 4.98 Å². The van der Waals surface area contributed by atoms with E-state index < -0.39 is 0 Å². The Bertz CT molecular complexity index is 361. The minimum absolute atomic E-state index is 0.495. The van der Waals surface area contributed by atoms with Gasteiger partial charge in [0, 0.05) is 32.2 Å². The third kappa shape index (κ3) is 2.19. The highest BCUT2D eigenvalue weighted by atomic mass is 16.5. The summed E-state index contributed by atoms with van der Waals surface area (Å²) in [6, 6.07) is 1.77. The molecule has 1 aromatic heterocycles. The summed E-state index contributed by atoms with van der Waals surface area (Å²) in [5.41, 5.74) is 6.67. The standard InChI is InChI=1S/C11H18N4O/c1-14-3-5-15(6-4-14)9-8-13-11(12)7-10(9)16-2/h7-8H,3-6H2,1-2H3,(H2,12,13). The van der Waals surface area contributed by atoms with Crippen LogP contribution in [0.4, 0.5) is 11.5 Å². The maximum absolute atomic E-state index is 5.64. The molecule has 1 aromatic rings. The van der Waals surface area contributed by atoms with Crippen LogP contribution in [-0.4, -0.2) is 50.2 Å². The first kappa shape index (κ1) is 11.0. The van der Waals surface area contributed by atoms with Crippen LogP contribution in [-0.2, 0) is 0 Å². The van der Waals surface area contributed by atoms with Crippen molar-refractivity contribution in [3.63, 3.8) is 0 Å². The predicted octanol–water partition coefficient (Wildman–Crippen LogP) is 0.424. The van der Waals surface area contributed by atoms with Crippen molar-refractivity contribution in [3.05, 3.63) is 12.3 Å². The molecular weight excluding hydrogens is 204 g/mol. The third-order valence-corrected chi connectivity index (χ3v) is 2.93. The van der Waals surface area contributed by atoms with Crippen LogP contribution in [0.2, 0.25) is 0 Å². The number of pyridine rings is 1. The van der Waals surface area contributed by atoms with E-state index in [9.17, 15) is 0 Å². The Balaban J connectivity index is 2.19. The smallest absolute Gasteiger partial charge is 0.147 e. The molecule has 2 rings (SSSR count). The summed E-state index contributed by atoms with van der Waals surface area (Å²) in [5, 5.41) is 0. The number of hydrogen-bond acceptors (Lipinski definition) is 5. The van der Waals surface area contributed by atoms with E-state index in [1.165, 1.54) is 0 Å². The third-order valence-electron chi connectivity index (χ3n) is 2.93. The fraction of sp³-hybridized carbons (Fsp3) is 0.545. The number of rotatable bonds is 2. The predicted molar refractivity (Wildman–Crippen MR) is 64.9 cm³/mol. The van der Waals surface area contributed by atoms with Crippen LogP contribution in [0, 0.1) is 0 Å². The average molecular weight is 222 g/mol. The lowest BCUT2D eigenvalue weighted by Gasteiger charge is -2.34. The van der Waals surface area contributed by atoms with E-state index in [-0.39, 0.29) is 0 Å². The molecule has 0 atom stereocenters. The molecule has 5 heteroatoms. The lowest BCUT2D eigenvalue weighted by Crippen LogP contribution is -2.44. The van der Waals surface area contributed by atoms with Crippen molar-refractivity contribution in [2.45, 2.75) is 0 Å². The van der Waals surface area contributed by atoms with Gasteiger partial charge in [0.05, 0.1) is 19.0 Å². The zero-order valence-electron chi connectivity index (χ0n) is 9.81. The van der Waals surface area contributed by atoms with Gasteiger partial charge in [-0.05, 0) is 7.05 Å². The molecule has 1 aliphatic heterocycles. The Morgan fingerprint density at radius 2 is 2.00 bits per heavy atom. The van der Waals surface area contributed by atoms with E-state index in [1.54, 1.807) is 19.4 Å². The van der Waals surface area contributed by atoms with Gasteiger partial charge in [-0.1, -0.05) is 0 Å². The van der Waals surface area contributed by atoms with Gasteiger partial charge in [-0.15, -0.1) is 0 Å². The van der Waals surface area contributed by atoms with Gasteiger partial charge in [0.25, 0.3) is 0 Å². The lowest BCUT2D eigenvalue weighted by atomic mass is 10.2. The van der Waals surface area contributed by atoms with Crippen molar-refractivity contribution in [1.82, 2.24) is 9.88 Å². The molecule has 0 spiro atoms. The number of nitrogens with two attached hydrogens (primary N) is 1. The fourth-order valence-corrected chi connectivity index (χ4v) is 1.89. The molecule has 0 saturated carbocycles. The number of nitrogens with zero attached hydrogens (tertiary/aromatic N) is 3. The summed E-state index contributed by atoms with van der Waals surface area (Å²) in [4.78, 5) is 8.72. The molecular formula is C11H18N4O. The van der Waals surface area contributed by atoms with Gasteiger partial charge in [0.1, 0.15) is 11.6 Å². The molecule has 1 aliphatic rings. The Morgan fingerprint density at radius 3 is 2.62 bits per heavy atom. The Kier molecular flexibility index (Phi) is 3.14. The van der Waals surface area contributed by atoms with Crippen molar-refractivity contribution in [2.75, 3.05) is 51.0 Å². The van der Waals surface area contributed by atoms with Gasteiger partial charge in [0.2, 0.25) is 0 Å². The van der Waals surface area contributed by atoms with Gasteiger partial charge in [-0.3, -0.25) is 0 Å². The number of hydrogen-bond donors (Lipinski definition) is 1. The molecule has 0 unspecified atom stereocenters. The van der Waals surface area contributed by atoms with E-state index in [0.717, 1.165) is 37.6 Å². The monoisotopic (exact) mass is 222 g/mol. The second kappa shape index (κ2) is 4.57. The number of aromatic nitrogens is 1. The van der Waals surface area contributed by atoms with Crippen LogP contribution >= 0.6 is 0 Å². The van der Waals surface area contributed by atoms with E-state index in [0.29, 0.717) is 5.82 Å². The van der Waals surface area contributed by atoms with E-state index in [1.807, 2.05) is 0 Å². The first-order chi connectivity index (χ1) is 7.70. The molecule has 5 nitrogen and oxygen atoms in total. The summed E-state index contributed by atoms with van der Waals surface area (Å²) in [6.45, 7) is 4.12. The number of anilines is 2. The zero-order valence-corrected chi connectivity index (χ0v) is 9.81. The summed E-state index contributed by atoms with van der Waals surface area (Å²) in [6.07, 6.45) is 1.79. The summed E-state index contributed by atoms with van der Waals surface area (Å²) in [7, 11) is 3.80. The lowest BCUT2D eigenvalue weighted by molar-refractivity contribution is 0.311. The molecule has 0 amide bonds. The number of ether oxygens (including phenoxy) is 1. The molecule has 0 bridgehead atoms. The largest absolute Gasteiger partial charge is 0.494 e. The molecule has 0 aliphatic carbocycles. The van der Waals surface area contributed by atoms with Crippen molar-refractivity contribution in [2.24, 2.45) is 0 Å². The van der Waals surface area contributed by atoms with Crippen LogP contribution in [0.1, 0.15) is 0 Å². The Hall–Kier alpha value is -1.49.